The third-order valence-electron chi connectivity index (χ3n) is 2.08. The fourth-order valence-electron chi connectivity index (χ4n) is 1.40. The van der Waals surface area contributed by atoms with Crippen molar-refractivity contribution in [3.05, 3.63) is 33.7 Å². The van der Waals surface area contributed by atoms with Crippen LogP contribution in [-0.2, 0) is 5.33 Å². The highest BCUT2D eigenvalue weighted by molar-refractivity contribution is 9.08. The summed E-state index contributed by atoms with van der Waals surface area (Å²) in [6.07, 6.45) is 0.846. The van der Waals surface area contributed by atoms with Crippen LogP contribution in [0.1, 0.15) is 15.9 Å². The first-order valence-corrected chi connectivity index (χ1v) is 6.35. The summed E-state index contributed by atoms with van der Waals surface area (Å²) < 4.78 is 1.09. The van der Waals surface area contributed by atoms with Crippen molar-refractivity contribution in [2.75, 3.05) is 0 Å². The number of halogens is 2. The second-order valence-electron chi connectivity index (χ2n) is 2.84. The van der Waals surface area contributed by atoms with Crippen LogP contribution < -0.4 is 0 Å². The summed E-state index contributed by atoms with van der Waals surface area (Å²) in [6, 6.07) is 3.67. The number of hydrogen-bond donors (Lipinski definition) is 0. The first-order chi connectivity index (χ1) is 6.77. The molecule has 0 spiro atoms. The summed E-state index contributed by atoms with van der Waals surface area (Å²) >= 11 is 11.1. The van der Waals surface area contributed by atoms with E-state index in [0.29, 0.717) is 15.9 Å². The molecular formula is C10H6BrClOS. The predicted octanol–water partition coefficient (Wildman–Crippen LogP) is 4.26. The predicted molar refractivity (Wildman–Crippen MR) is 64.9 cm³/mol. The van der Waals surface area contributed by atoms with Crippen LogP contribution in [0.15, 0.2) is 17.5 Å². The molecule has 2 rings (SSSR count). The van der Waals surface area contributed by atoms with E-state index in [1.807, 2.05) is 11.4 Å². The van der Waals surface area contributed by atoms with Gasteiger partial charge in [0.2, 0.25) is 0 Å². The van der Waals surface area contributed by atoms with Gasteiger partial charge in [-0.15, -0.1) is 11.3 Å². The van der Waals surface area contributed by atoms with Gasteiger partial charge in [-0.3, -0.25) is 4.79 Å². The van der Waals surface area contributed by atoms with Crippen molar-refractivity contribution >= 4 is 55.2 Å². The zero-order valence-electron chi connectivity index (χ0n) is 7.09. The number of thiophene rings is 1. The Morgan fingerprint density at radius 2 is 2.36 bits per heavy atom. The highest BCUT2D eigenvalue weighted by atomic mass is 79.9. The lowest BCUT2D eigenvalue weighted by atomic mass is 10.1. The fourth-order valence-corrected chi connectivity index (χ4v) is 3.64. The molecule has 1 nitrogen and oxygen atoms in total. The van der Waals surface area contributed by atoms with Gasteiger partial charge in [0.25, 0.3) is 0 Å². The van der Waals surface area contributed by atoms with Gasteiger partial charge in [-0.2, -0.15) is 0 Å². The Morgan fingerprint density at radius 3 is 3.00 bits per heavy atom. The van der Waals surface area contributed by atoms with E-state index in [4.69, 9.17) is 11.6 Å². The van der Waals surface area contributed by atoms with Gasteiger partial charge < -0.3 is 0 Å². The Balaban J connectivity index is 2.88. The molecule has 0 amide bonds. The first kappa shape index (κ1) is 10.1. The van der Waals surface area contributed by atoms with E-state index in [9.17, 15) is 4.79 Å². The summed E-state index contributed by atoms with van der Waals surface area (Å²) in [5, 5.41) is 4.32. The van der Waals surface area contributed by atoms with Crippen molar-refractivity contribution in [1.29, 1.82) is 0 Å². The lowest BCUT2D eigenvalue weighted by Gasteiger charge is -2.03. The highest BCUT2D eigenvalue weighted by Crippen LogP contribution is 2.34. The van der Waals surface area contributed by atoms with E-state index in [1.54, 1.807) is 17.4 Å². The zero-order chi connectivity index (χ0) is 10.1. The molecular weight excluding hydrogens is 284 g/mol. The minimum absolute atomic E-state index is 0.652. The third kappa shape index (κ3) is 1.49. The normalized spacial score (nSPS) is 10.7. The minimum Gasteiger partial charge on any atom is -0.298 e. The van der Waals surface area contributed by atoms with Crippen LogP contribution in [0.3, 0.4) is 0 Å². The molecule has 1 aromatic heterocycles. The van der Waals surface area contributed by atoms with E-state index in [2.05, 4.69) is 15.9 Å². The fraction of sp³-hybridized carbons (Fsp3) is 0.100. The summed E-state index contributed by atoms with van der Waals surface area (Å²) in [7, 11) is 0. The van der Waals surface area contributed by atoms with Crippen molar-refractivity contribution in [2.24, 2.45) is 0 Å². The summed E-state index contributed by atoms with van der Waals surface area (Å²) in [6.45, 7) is 0. The average Bonchev–Trinajstić information content (AvgIpc) is 2.65. The van der Waals surface area contributed by atoms with Gasteiger partial charge in [0.15, 0.2) is 6.29 Å². The van der Waals surface area contributed by atoms with Gasteiger partial charge in [-0.05, 0) is 23.1 Å². The topological polar surface area (TPSA) is 17.1 Å². The first-order valence-electron chi connectivity index (χ1n) is 3.97. The van der Waals surface area contributed by atoms with Crippen molar-refractivity contribution < 1.29 is 4.79 Å². The van der Waals surface area contributed by atoms with Crippen LogP contribution in [0.5, 0.6) is 0 Å². The van der Waals surface area contributed by atoms with Crippen LogP contribution in [-0.4, -0.2) is 6.29 Å². The molecule has 0 saturated carbocycles. The lowest BCUT2D eigenvalue weighted by molar-refractivity contribution is 0.112. The van der Waals surface area contributed by atoms with Gasteiger partial charge in [-0.1, -0.05) is 27.5 Å². The highest BCUT2D eigenvalue weighted by Gasteiger charge is 2.10. The van der Waals surface area contributed by atoms with Gasteiger partial charge in [0.1, 0.15) is 0 Å². The van der Waals surface area contributed by atoms with Gasteiger partial charge in [0, 0.05) is 26.0 Å². The molecule has 2 aromatic rings. The second kappa shape index (κ2) is 4.01. The third-order valence-corrected chi connectivity index (χ3v) is 3.95. The number of carbonyl (C=O) groups excluding carboxylic acids is 1. The zero-order valence-corrected chi connectivity index (χ0v) is 10.2. The molecule has 0 aliphatic carbocycles. The molecule has 0 aliphatic rings. The van der Waals surface area contributed by atoms with Crippen molar-refractivity contribution in [3.8, 4) is 0 Å². The van der Waals surface area contributed by atoms with E-state index < -0.39 is 0 Å². The van der Waals surface area contributed by atoms with E-state index in [1.165, 1.54) is 0 Å². The number of aldehydes is 1. The van der Waals surface area contributed by atoms with E-state index >= 15 is 0 Å². The Bertz CT molecular complexity index is 492. The van der Waals surface area contributed by atoms with Crippen LogP contribution in [0.25, 0.3) is 10.1 Å². The molecule has 0 unspecified atom stereocenters. The monoisotopic (exact) mass is 288 g/mol. The molecule has 1 heterocycles. The maximum Gasteiger partial charge on any atom is 0.150 e. The van der Waals surface area contributed by atoms with Gasteiger partial charge in [0.05, 0.1) is 0 Å². The number of alkyl halides is 1. The molecule has 0 saturated heterocycles. The molecule has 4 heteroatoms. The maximum absolute atomic E-state index is 10.8. The molecule has 14 heavy (non-hydrogen) atoms. The van der Waals surface area contributed by atoms with E-state index in [0.717, 1.165) is 21.9 Å². The van der Waals surface area contributed by atoms with Gasteiger partial charge in [-0.25, -0.2) is 0 Å². The van der Waals surface area contributed by atoms with Crippen molar-refractivity contribution in [2.45, 2.75) is 5.33 Å². The molecule has 0 bridgehead atoms. The Morgan fingerprint density at radius 1 is 1.57 bits per heavy atom. The molecule has 0 aliphatic heterocycles. The molecule has 0 radical (unpaired) electrons. The van der Waals surface area contributed by atoms with Crippen LogP contribution in [0, 0.1) is 0 Å². The number of benzene rings is 1. The van der Waals surface area contributed by atoms with Crippen molar-refractivity contribution in [1.82, 2.24) is 0 Å². The molecule has 0 atom stereocenters. The summed E-state index contributed by atoms with van der Waals surface area (Å²) in [5.74, 6) is 0. The van der Waals surface area contributed by atoms with Crippen LogP contribution >= 0.6 is 38.9 Å². The smallest absolute Gasteiger partial charge is 0.150 e. The summed E-state index contributed by atoms with van der Waals surface area (Å²) in [4.78, 5) is 10.8. The van der Waals surface area contributed by atoms with Crippen LogP contribution in [0.4, 0.5) is 0 Å². The SMILES string of the molecule is O=Cc1cc(Cl)c(CBr)c2sccc12. The molecule has 72 valence electrons. The second-order valence-corrected chi connectivity index (χ2v) is 4.73. The number of hydrogen-bond acceptors (Lipinski definition) is 2. The van der Waals surface area contributed by atoms with E-state index in [-0.39, 0.29) is 0 Å². The van der Waals surface area contributed by atoms with Crippen molar-refractivity contribution in [3.63, 3.8) is 0 Å². The standard InChI is InChI=1S/C10H6BrClOS/c11-4-8-9(12)3-6(5-13)7-1-2-14-10(7)8/h1-3,5H,4H2. The van der Waals surface area contributed by atoms with Gasteiger partial charge >= 0.3 is 0 Å². The Kier molecular flexibility index (Phi) is 2.91. The average molecular weight is 290 g/mol. The lowest BCUT2D eigenvalue weighted by Crippen LogP contribution is -1.86. The quantitative estimate of drug-likeness (QED) is 0.596. The Labute approximate surface area is 98.8 Å². The molecule has 0 N–H and O–H groups in total. The maximum atomic E-state index is 10.8. The van der Waals surface area contributed by atoms with Crippen LogP contribution in [0.2, 0.25) is 5.02 Å². The number of fused-ring (bicyclic) bond motifs is 1. The number of rotatable bonds is 2. The Hall–Kier alpha value is -0.380. The number of carbonyl (C=O) groups is 1. The molecule has 1 aromatic carbocycles. The minimum atomic E-state index is 0.652. The largest absolute Gasteiger partial charge is 0.298 e. The molecule has 0 fully saturated rings. The summed E-state index contributed by atoms with van der Waals surface area (Å²) in [5.41, 5.74) is 1.72.